The minimum Gasteiger partial charge on any atom is -0.478 e. The summed E-state index contributed by atoms with van der Waals surface area (Å²) >= 11 is 0. The molecule has 0 amide bonds. The van der Waals surface area contributed by atoms with E-state index in [2.05, 4.69) is 0 Å². The van der Waals surface area contributed by atoms with Crippen molar-refractivity contribution in [2.75, 3.05) is 5.73 Å². The van der Waals surface area contributed by atoms with Crippen LogP contribution in [0.3, 0.4) is 0 Å². The first kappa shape index (κ1) is 11.0. The number of benzene rings is 1. The second kappa shape index (κ2) is 4.41. The fourth-order valence-corrected chi connectivity index (χ4v) is 1.06. The van der Waals surface area contributed by atoms with Crippen LogP contribution in [0.5, 0.6) is 0 Å². The van der Waals surface area contributed by atoms with Crippen molar-refractivity contribution in [1.82, 2.24) is 0 Å². The van der Waals surface area contributed by atoms with Crippen LogP contribution in [0.4, 0.5) is 5.69 Å². The molecule has 0 atom stereocenters. The summed E-state index contributed by atoms with van der Waals surface area (Å²) in [5.74, 6) is -1.51. The molecule has 0 spiro atoms. The Bertz CT molecular complexity index is 435. The average Bonchev–Trinajstić information content (AvgIpc) is 2.18. The molecule has 0 saturated heterocycles. The largest absolute Gasteiger partial charge is 0.478 e. The average molecular weight is 205 g/mol. The van der Waals surface area contributed by atoms with Gasteiger partial charge < -0.3 is 10.8 Å². The van der Waals surface area contributed by atoms with Crippen LogP contribution in [0.2, 0.25) is 0 Å². The third-order valence-corrected chi connectivity index (χ3v) is 1.91. The van der Waals surface area contributed by atoms with Crippen molar-refractivity contribution in [2.24, 2.45) is 0 Å². The monoisotopic (exact) mass is 205 g/mol. The van der Waals surface area contributed by atoms with Gasteiger partial charge in [0, 0.05) is 16.8 Å². The Kier molecular flexibility index (Phi) is 3.23. The maximum Gasteiger partial charge on any atom is 0.331 e. The molecule has 4 heteroatoms. The third kappa shape index (κ3) is 2.67. The Balaban J connectivity index is 3.02. The molecule has 0 bridgehead atoms. The summed E-state index contributed by atoms with van der Waals surface area (Å²) in [6.07, 6.45) is 1.06. The molecule has 15 heavy (non-hydrogen) atoms. The molecule has 1 aromatic carbocycles. The van der Waals surface area contributed by atoms with Crippen LogP contribution in [0.15, 0.2) is 35.9 Å². The quantitative estimate of drug-likeness (QED) is 0.445. The van der Waals surface area contributed by atoms with Gasteiger partial charge in [0.05, 0.1) is 0 Å². The van der Waals surface area contributed by atoms with Crippen molar-refractivity contribution < 1.29 is 14.7 Å². The number of nitrogen functional groups attached to an aromatic ring is 1. The van der Waals surface area contributed by atoms with Crippen LogP contribution in [0, 0.1) is 0 Å². The lowest BCUT2D eigenvalue weighted by molar-refractivity contribution is -0.132. The summed E-state index contributed by atoms with van der Waals surface area (Å²) in [6.45, 7) is 1.36. The first-order chi connectivity index (χ1) is 7.02. The van der Waals surface area contributed by atoms with Crippen LogP contribution in [-0.2, 0) is 4.79 Å². The summed E-state index contributed by atoms with van der Waals surface area (Å²) in [5.41, 5.74) is 6.23. The topological polar surface area (TPSA) is 80.4 Å². The van der Waals surface area contributed by atoms with E-state index in [9.17, 15) is 9.59 Å². The summed E-state index contributed by atoms with van der Waals surface area (Å²) in [5, 5.41) is 8.60. The van der Waals surface area contributed by atoms with Crippen molar-refractivity contribution in [3.8, 4) is 0 Å². The molecule has 0 aromatic heterocycles. The second-order valence-electron chi connectivity index (χ2n) is 3.08. The van der Waals surface area contributed by atoms with E-state index < -0.39 is 11.8 Å². The lowest BCUT2D eigenvalue weighted by Crippen LogP contribution is -2.04. The summed E-state index contributed by atoms with van der Waals surface area (Å²) in [4.78, 5) is 22.1. The molecule has 0 saturated carbocycles. The molecule has 0 radical (unpaired) electrons. The van der Waals surface area contributed by atoms with Crippen molar-refractivity contribution in [2.45, 2.75) is 6.92 Å². The molecule has 78 valence electrons. The van der Waals surface area contributed by atoms with Crippen molar-refractivity contribution in [1.29, 1.82) is 0 Å². The van der Waals surface area contributed by atoms with E-state index in [0.29, 0.717) is 11.3 Å². The van der Waals surface area contributed by atoms with Crippen molar-refractivity contribution >= 4 is 17.4 Å². The van der Waals surface area contributed by atoms with E-state index >= 15 is 0 Å². The highest BCUT2D eigenvalue weighted by Gasteiger charge is 2.08. The van der Waals surface area contributed by atoms with Gasteiger partial charge in [0.2, 0.25) is 0 Å². The van der Waals surface area contributed by atoms with E-state index in [4.69, 9.17) is 10.8 Å². The molecule has 0 aliphatic carbocycles. The zero-order valence-electron chi connectivity index (χ0n) is 8.23. The Labute approximate surface area is 87.0 Å². The Morgan fingerprint density at radius 2 is 1.93 bits per heavy atom. The van der Waals surface area contributed by atoms with Gasteiger partial charge in [-0.15, -0.1) is 0 Å². The highest BCUT2D eigenvalue weighted by Crippen LogP contribution is 2.12. The number of anilines is 1. The van der Waals surface area contributed by atoms with E-state index in [1.807, 2.05) is 0 Å². The minimum atomic E-state index is -1.11. The van der Waals surface area contributed by atoms with Crippen LogP contribution < -0.4 is 5.73 Å². The number of hydrogen-bond acceptors (Lipinski definition) is 3. The van der Waals surface area contributed by atoms with Crippen LogP contribution in [-0.4, -0.2) is 16.9 Å². The number of allylic oxidation sites excluding steroid dienone is 1. The van der Waals surface area contributed by atoms with Crippen molar-refractivity contribution in [3.63, 3.8) is 0 Å². The number of carbonyl (C=O) groups is 2. The van der Waals surface area contributed by atoms with Gasteiger partial charge in [0.15, 0.2) is 5.78 Å². The van der Waals surface area contributed by atoms with Gasteiger partial charge in [0.25, 0.3) is 0 Å². The first-order valence-electron chi connectivity index (χ1n) is 4.33. The Morgan fingerprint density at radius 1 is 1.33 bits per heavy atom. The maximum absolute atomic E-state index is 11.6. The third-order valence-electron chi connectivity index (χ3n) is 1.91. The molecule has 4 nitrogen and oxygen atoms in total. The number of carboxylic acid groups (broad SMARTS) is 1. The zero-order chi connectivity index (χ0) is 11.4. The van der Waals surface area contributed by atoms with Gasteiger partial charge >= 0.3 is 5.97 Å². The standard InChI is InChI=1S/C11H11NO3/c1-7(11(14)15)6-10(13)8-4-2-3-5-9(8)12/h2-6H,12H2,1H3,(H,14,15). The van der Waals surface area contributed by atoms with E-state index in [1.54, 1.807) is 24.3 Å². The maximum atomic E-state index is 11.6. The predicted octanol–water partition coefficient (Wildman–Crippen LogP) is 1.48. The number of hydrogen-bond donors (Lipinski definition) is 2. The van der Waals surface area contributed by atoms with E-state index in [1.165, 1.54) is 6.92 Å². The number of rotatable bonds is 3. The summed E-state index contributed by atoms with van der Waals surface area (Å²) in [6, 6.07) is 6.54. The molecule has 0 aliphatic heterocycles. The normalized spacial score (nSPS) is 11.1. The highest BCUT2D eigenvalue weighted by molar-refractivity contribution is 6.11. The smallest absolute Gasteiger partial charge is 0.331 e. The number of para-hydroxylation sites is 1. The van der Waals surface area contributed by atoms with Gasteiger partial charge in [-0.1, -0.05) is 12.1 Å². The molecule has 1 aromatic rings. The molecule has 1 rings (SSSR count). The molecule has 0 fully saturated rings. The fourth-order valence-electron chi connectivity index (χ4n) is 1.06. The molecular weight excluding hydrogens is 194 g/mol. The SMILES string of the molecule is CC(=CC(=O)c1ccccc1N)C(=O)O. The number of carboxylic acids is 1. The van der Waals surface area contributed by atoms with E-state index in [0.717, 1.165) is 6.08 Å². The summed E-state index contributed by atoms with van der Waals surface area (Å²) < 4.78 is 0. The Morgan fingerprint density at radius 3 is 2.47 bits per heavy atom. The van der Waals surface area contributed by atoms with Gasteiger partial charge in [-0.05, 0) is 25.1 Å². The van der Waals surface area contributed by atoms with Gasteiger partial charge in [0.1, 0.15) is 0 Å². The molecule has 0 unspecified atom stereocenters. The van der Waals surface area contributed by atoms with Crippen molar-refractivity contribution in [3.05, 3.63) is 41.5 Å². The zero-order valence-corrected chi connectivity index (χ0v) is 8.23. The lowest BCUT2D eigenvalue weighted by Gasteiger charge is -2.00. The van der Waals surface area contributed by atoms with Gasteiger partial charge in [-0.3, -0.25) is 4.79 Å². The second-order valence-corrected chi connectivity index (χ2v) is 3.08. The number of ketones is 1. The predicted molar refractivity (Wildman–Crippen MR) is 56.6 cm³/mol. The van der Waals surface area contributed by atoms with Crippen LogP contribution >= 0.6 is 0 Å². The molecular formula is C11H11NO3. The molecule has 3 N–H and O–H groups in total. The van der Waals surface area contributed by atoms with E-state index in [-0.39, 0.29) is 5.57 Å². The minimum absolute atomic E-state index is 0.0109. The van der Waals surface area contributed by atoms with Crippen LogP contribution in [0.1, 0.15) is 17.3 Å². The summed E-state index contributed by atoms with van der Waals surface area (Å²) in [7, 11) is 0. The fraction of sp³-hybridized carbons (Fsp3) is 0.0909. The lowest BCUT2D eigenvalue weighted by atomic mass is 10.1. The molecule has 0 aliphatic rings. The van der Waals surface area contributed by atoms with Gasteiger partial charge in [-0.25, -0.2) is 4.79 Å². The first-order valence-corrected chi connectivity index (χ1v) is 4.33. The number of carbonyl (C=O) groups excluding carboxylic acids is 1. The van der Waals surface area contributed by atoms with Crippen LogP contribution in [0.25, 0.3) is 0 Å². The van der Waals surface area contributed by atoms with Gasteiger partial charge in [-0.2, -0.15) is 0 Å². The molecule has 0 heterocycles. The Hall–Kier alpha value is -2.10. The number of nitrogens with two attached hydrogens (primary N) is 1. The number of aliphatic carboxylic acids is 1. The highest BCUT2D eigenvalue weighted by atomic mass is 16.4.